The highest BCUT2D eigenvalue weighted by Gasteiger charge is 2.14. The van der Waals surface area contributed by atoms with Crippen LogP contribution in [0.25, 0.3) is 0 Å². The second-order valence-corrected chi connectivity index (χ2v) is 8.21. The van der Waals surface area contributed by atoms with Gasteiger partial charge in [0.2, 0.25) is 0 Å². The van der Waals surface area contributed by atoms with E-state index >= 15 is 0 Å². The van der Waals surface area contributed by atoms with E-state index in [-0.39, 0.29) is 18.3 Å². The molecule has 5 nitrogen and oxygen atoms in total. The van der Waals surface area contributed by atoms with E-state index in [1.807, 2.05) is 42.5 Å². The molecule has 1 aromatic heterocycles. The van der Waals surface area contributed by atoms with Crippen LogP contribution in [0.4, 0.5) is 5.82 Å². The van der Waals surface area contributed by atoms with Gasteiger partial charge in [-0.25, -0.2) is 0 Å². The van der Waals surface area contributed by atoms with Crippen LogP contribution in [0.3, 0.4) is 0 Å². The molecule has 0 atom stereocenters. The van der Waals surface area contributed by atoms with Gasteiger partial charge in [0.05, 0.1) is 11.6 Å². The maximum atomic E-state index is 12.8. The summed E-state index contributed by atoms with van der Waals surface area (Å²) in [4.78, 5) is 12.8. The number of carbonyl (C=O) groups is 1. The standard InChI is InChI=1S/C24H18Cl3N3O2/c25-19-9-2-1-7-18(19)13-30-14-21(27)23(29-30)28-24(31)17-8-5-6-16(12-17)15-32-22-11-4-3-10-20(22)26/h1-12,14H,13,15H2,(H,28,29,31). The van der Waals surface area contributed by atoms with Crippen molar-refractivity contribution in [2.45, 2.75) is 13.2 Å². The summed E-state index contributed by atoms with van der Waals surface area (Å²) in [6, 6.07) is 21.8. The zero-order valence-electron chi connectivity index (χ0n) is 16.8. The van der Waals surface area contributed by atoms with Crippen molar-refractivity contribution in [3.63, 3.8) is 0 Å². The molecule has 32 heavy (non-hydrogen) atoms. The molecule has 0 radical (unpaired) electrons. The number of hydrogen-bond donors (Lipinski definition) is 1. The fourth-order valence-corrected chi connectivity index (χ4v) is 3.65. The summed E-state index contributed by atoms with van der Waals surface area (Å²) >= 11 is 18.6. The normalized spacial score (nSPS) is 10.7. The zero-order chi connectivity index (χ0) is 22.5. The number of anilines is 1. The summed E-state index contributed by atoms with van der Waals surface area (Å²) in [5.41, 5.74) is 2.19. The van der Waals surface area contributed by atoms with E-state index in [4.69, 9.17) is 39.5 Å². The van der Waals surface area contributed by atoms with E-state index in [1.54, 1.807) is 41.2 Å². The van der Waals surface area contributed by atoms with Crippen molar-refractivity contribution < 1.29 is 9.53 Å². The van der Waals surface area contributed by atoms with Crippen LogP contribution in [0.5, 0.6) is 5.75 Å². The minimum atomic E-state index is -0.325. The largest absolute Gasteiger partial charge is 0.487 e. The fourth-order valence-electron chi connectivity index (χ4n) is 3.07. The summed E-state index contributed by atoms with van der Waals surface area (Å²) in [5.74, 6) is 0.538. The molecule has 4 rings (SSSR count). The lowest BCUT2D eigenvalue weighted by molar-refractivity contribution is 0.102. The minimum absolute atomic E-state index is 0.276. The number of nitrogens with one attached hydrogen (secondary N) is 1. The highest BCUT2D eigenvalue weighted by atomic mass is 35.5. The van der Waals surface area contributed by atoms with Crippen molar-refractivity contribution in [1.82, 2.24) is 9.78 Å². The maximum absolute atomic E-state index is 12.8. The summed E-state index contributed by atoms with van der Waals surface area (Å²) in [5, 5.41) is 8.64. The first-order chi connectivity index (χ1) is 15.5. The van der Waals surface area contributed by atoms with Crippen LogP contribution in [0.2, 0.25) is 15.1 Å². The fraction of sp³-hybridized carbons (Fsp3) is 0.0833. The average Bonchev–Trinajstić information content (AvgIpc) is 3.13. The van der Waals surface area contributed by atoms with Crippen molar-refractivity contribution >= 4 is 46.5 Å². The molecule has 1 heterocycles. The molecule has 0 aliphatic heterocycles. The maximum Gasteiger partial charge on any atom is 0.256 e. The third-order valence-corrected chi connectivity index (χ3v) is 5.62. The quantitative estimate of drug-likeness (QED) is 0.315. The van der Waals surface area contributed by atoms with E-state index in [0.717, 1.165) is 11.1 Å². The Morgan fingerprint density at radius 3 is 2.44 bits per heavy atom. The first-order valence-electron chi connectivity index (χ1n) is 9.73. The first kappa shape index (κ1) is 22.2. The zero-order valence-corrected chi connectivity index (χ0v) is 19.0. The smallest absolute Gasteiger partial charge is 0.256 e. The van der Waals surface area contributed by atoms with Gasteiger partial charge in [0, 0.05) is 16.8 Å². The van der Waals surface area contributed by atoms with Gasteiger partial charge in [0.1, 0.15) is 17.4 Å². The Morgan fingerprint density at radius 2 is 1.66 bits per heavy atom. The van der Waals surface area contributed by atoms with Crippen LogP contribution in [0.15, 0.2) is 79.0 Å². The molecule has 0 saturated carbocycles. The number of carbonyl (C=O) groups excluding carboxylic acids is 1. The molecule has 0 saturated heterocycles. The van der Waals surface area contributed by atoms with Crippen LogP contribution in [0.1, 0.15) is 21.5 Å². The predicted octanol–water partition coefficient (Wildman–Crippen LogP) is 6.72. The Kier molecular flexibility index (Phi) is 7.00. The lowest BCUT2D eigenvalue weighted by Gasteiger charge is -2.09. The average molecular weight is 487 g/mol. The summed E-state index contributed by atoms with van der Waals surface area (Å²) in [6.07, 6.45) is 1.65. The Morgan fingerprint density at radius 1 is 0.906 bits per heavy atom. The third-order valence-electron chi connectivity index (χ3n) is 4.66. The Bertz CT molecular complexity index is 1260. The van der Waals surface area contributed by atoms with E-state index in [2.05, 4.69) is 10.4 Å². The van der Waals surface area contributed by atoms with E-state index in [0.29, 0.717) is 32.9 Å². The Hall–Kier alpha value is -2.99. The van der Waals surface area contributed by atoms with Crippen LogP contribution in [-0.4, -0.2) is 15.7 Å². The lowest BCUT2D eigenvalue weighted by Crippen LogP contribution is -2.13. The number of amides is 1. The molecule has 162 valence electrons. The summed E-state index contributed by atoms with van der Waals surface area (Å²) < 4.78 is 7.39. The number of benzene rings is 3. The Balaban J connectivity index is 1.43. The topological polar surface area (TPSA) is 56.2 Å². The van der Waals surface area contributed by atoms with Gasteiger partial charge in [-0.1, -0.05) is 77.3 Å². The highest BCUT2D eigenvalue weighted by Crippen LogP contribution is 2.25. The monoisotopic (exact) mass is 485 g/mol. The second-order valence-electron chi connectivity index (χ2n) is 6.99. The molecule has 0 bridgehead atoms. The van der Waals surface area contributed by atoms with E-state index in [1.165, 1.54) is 0 Å². The van der Waals surface area contributed by atoms with Gasteiger partial charge in [-0.2, -0.15) is 5.10 Å². The Labute approximate surface area is 200 Å². The number of halogens is 3. The molecular weight excluding hydrogens is 469 g/mol. The third kappa shape index (κ3) is 5.43. The molecule has 1 amide bonds. The molecular formula is C24H18Cl3N3O2. The number of aromatic nitrogens is 2. The van der Waals surface area contributed by atoms with Crippen molar-refractivity contribution in [3.8, 4) is 5.75 Å². The predicted molar refractivity (Wildman–Crippen MR) is 128 cm³/mol. The molecule has 4 aromatic rings. The first-order valence-corrected chi connectivity index (χ1v) is 10.9. The van der Waals surface area contributed by atoms with E-state index < -0.39 is 0 Å². The molecule has 3 aromatic carbocycles. The number of ether oxygens (including phenoxy) is 1. The van der Waals surface area contributed by atoms with E-state index in [9.17, 15) is 4.79 Å². The van der Waals surface area contributed by atoms with Crippen LogP contribution in [-0.2, 0) is 13.2 Å². The molecule has 1 N–H and O–H groups in total. The molecule has 0 fully saturated rings. The van der Waals surface area contributed by atoms with Gasteiger partial charge in [0.15, 0.2) is 5.82 Å². The number of rotatable bonds is 7. The summed E-state index contributed by atoms with van der Waals surface area (Å²) in [7, 11) is 0. The lowest BCUT2D eigenvalue weighted by atomic mass is 10.1. The number of para-hydroxylation sites is 1. The van der Waals surface area contributed by atoms with Gasteiger partial charge in [-0.15, -0.1) is 0 Å². The second kappa shape index (κ2) is 10.1. The van der Waals surface area contributed by atoms with Gasteiger partial charge in [-0.3, -0.25) is 9.48 Å². The molecule has 8 heteroatoms. The molecule has 0 aliphatic rings. The van der Waals surface area contributed by atoms with Crippen LogP contribution in [0, 0.1) is 0 Å². The molecule has 0 spiro atoms. The number of hydrogen-bond acceptors (Lipinski definition) is 3. The van der Waals surface area contributed by atoms with Crippen LogP contribution >= 0.6 is 34.8 Å². The number of nitrogens with zero attached hydrogens (tertiary/aromatic N) is 2. The van der Waals surface area contributed by atoms with Crippen molar-refractivity contribution in [3.05, 3.63) is 111 Å². The minimum Gasteiger partial charge on any atom is -0.487 e. The SMILES string of the molecule is O=C(Nc1nn(Cc2ccccc2Cl)cc1Cl)c1cccc(COc2ccccc2Cl)c1. The molecule has 0 unspecified atom stereocenters. The van der Waals surface area contributed by atoms with Crippen molar-refractivity contribution in [1.29, 1.82) is 0 Å². The van der Waals surface area contributed by atoms with Gasteiger partial charge >= 0.3 is 0 Å². The molecule has 0 aliphatic carbocycles. The van der Waals surface area contributed by atoms with Crippen LogP contribution < -0.4 is 10.1 Å². The highest BCUT2D eigenvalue weighted by molar-refractivity contribution is 6.33. The van der Waals surface area contributed by atoms with Gasteiger partial charge in [-0.05, 0) is 41.5 Å². The van der Waals surface area contributed by atoms with Crippen molar-refractivity contribution in [2.24, 2.45) is 0 Å². The van der Waals surface area contributed by atoms with Gasteiger partial charge in [0.25, 0.3) is 5.91 Å². The van der Waals surface area contributed by atoms with Gasteiger partial charge < -0.3 is 10.1 Å². The summed E-state index contributed by atoms with van der Waals surface area (Å²) in [6.45, 7) is 0.711. The van der Waals surface area contributed by atoms with Crippen molar-refractivity contribution in [2.75, 3.05) is 5.32 Å².